The van der Waals surface area contributed by atoms with Gasteiger partial charge in [0.2, 0.25) is 5.91 Å². The van der Waals surface area contributed by atoms with Gasteiger partial charge in [-0.3, -0.25) is 4.79 Å². The lowest BCUT2D eigenvalue weighted by Gasteiger charge is -2.46. The molecule has 2 fully saturated rings. The third-order valence-corrected chi connectivity index (χ3v) is 16.3. The maximum Gasteiger partial charge on any atom is 0.220 e. The molecule has 0 aromatic carbocycles. The van der Waals surface area contributed by atoms with E-state index in [4.69, 9.17) is 18.9 Å². The Kier molecular flexibility index (Phi) is 51.9. The Bertz CT molecular complexity index is 1880. The topological polar surface area (TPSA) is 228 Å². The summed E-state index contributed by atoms with van der Waals surface area (Å²) in [5, 5.41) is 87.6. The monoisotopic (exact) mass is 1220 g/mol. The van der Waals surface area contributed by atoms with Gasteiger partial charge in [0, 0.05) is 6.42 Å². The first-order valence-corrected chi connectivity index (χ1v) is 34.6. The van der Waals surface area contributed by atoms with Crippen molar-refractivity contribution >= 4 is 5.91 Å². The summed E-state index contributed by atoms with van der Waals surface area (Å²) in [5.41, 5.74) is 0. The highest BCUT2D eigenvalue weighted by Crippen LogP contribution is 2.30. The van der Waals surface area contributed by atoms with Gasteiger partial charge in [0.1, 0.15) is 48.8 Å². The Morgan fingerprint density at radius 1 is 0.425 bits per heavy atom. The number of carbonyl (C=O) groups excluding carboxylic acids is 1. The number of aliphatic hydroxyl groups is 8. The van der Waals surface area contributed by atoms with Crippen LogP contribution in [0.15, 0.2) is 109 Å². The van der Waals surface area contributed by atoms with Gasteiger partial charge in [0.05, 0.1) is 32.0 Å². The number of carbonyl (C=O) groups is 1. The van der Waals surface area contributed by atoms with E-state index >= 15 is 0 Å². The molecule has 0 aromatic heterocycles. The first-order valence-electron chi connectivity index (χ1n) is 34.6. The van der Waals surface area contributed by atoms with Crippen molar-refractivity contribution in [1.29, 1.82) is 0 Å². The van der Waals surface area contributed by atoms with Gasteiger partial charge in [-0.2, -0.15) is 0 Å². The average Bonchev–Trinajstić information content (AvgIpc) is 2.59. The minimum absolute atomic E-state index is 0.228. The van der Waals surface area contributed by atoms with Gasteiger partial charge in [0.25, 0.3) is 0 Å². The third kappa shape index (κ3) is 40.9. The molecule has 14 heteroatoms. The Morgan fingerprint density at radius 3 is 1.22 bits per heavy atom. The normalized spacial score (nSPS) is 24.0. The van der Waals surface area contributed by atoms with Gasteiger partial charge in [-0.05, 0) is 83.5 Å². The molecule has 2 rings (SSSR count). The van der Waals surface area contributed by atoms with Gasteiger partial charge in [-0.1, -0.05) is 271 Å². The molecular weight excluding hydrogens is 1100 g/mol. The largest absolute Gasteiger partial charge is 0.394 e. The standard InChI is InChI=1S/C73H125NO13/c1-3-5-7-9-11-13-15-17-19-21-23-25-26-27-28-29-30-31-32-33-34-35-36-37-39-41-43-45-47-49-51-53-55-57-65(78)74-61(62(77)56-54-52-50-48-46-44-42-40-38-24-22-20-18-16-14-12-10-8-6-4-2)60-84-72-70(83)68(81)71(64(59-76)86-72)87-73-69(82)67(80)66(79)63(58-75)85-73/h5,7,11,13,17,19,23,25,27-28,30-31,33-34,36-37,41,43,61-64,66-73,75-77,79-83H,3-4,6,8-10,12,14-16,18,20-22,24,26,29,32,35,38-40,42,44-60H2,1-2H3,(H,74,78)/b7-5-,13-11-,19-17-,25-23-,28-27-,31-30-,34-33-,37-36-,43-41-. The number of ether oxygens (including phenoxy) is 4. The minimum Gasteiger partial charge on any atom is -0.394 e. The Labute approximate surface area is 527 Å². The van der Waals surface area contributed by atoms with Crippen molar-refractivity contribution < 1.29 is 64.6 Å². The fraction of sp³-hybridized carbons (Fsp3) is 0.740. The lowest BCUT2D eigenvalue weighted by atomic mass is 9.97. The molecule has 2 aliphatic heterocycles. The van der Waals surface area contributed by atoms with Crippen LogP contribution < -0.4 is 5.32 Å². The van der Waals surface area contributed by atoms with Gasteiger partial charge < -0.3 is 65.1 Å². The number of nitrogens with one attached hydrogen (secondary N) is 1. The molecule has 500 valence electrons. The van der Waals surface area contributed by atoms with Crippen LogP contribution >= 0.6 is 0 Å². The number of hydrogen-bond donors (Lipinski definition) is 9. The van der Waals surface area contributed by atoms with E-state index in [0.29, 0.717) is 12.8 Å². The second-order valence-corrected chi connectivity index (χ2v) is 23.9. The van der Waals surface area contributed by atoms with E-state index in [1.165, 1.54) is 103 Å². The van der Waals surface area contributed by atoms with Crippen LogP contribution in [0.25, 0.3) is 0 Å². The summed E-state index contributed by atoms with van der Waals surface area (Å²) < 4.78 is 22.9. The molecule has 2 heterocycles. The summed E-state index contributed by atoms with van der Waals surface area (Å²) >= 11 is 0. The maximum absolute atomic E-state index is 13.3. The quantitative estimate of drug-likeness (QED) is 0.0204. The van der Waals surface area contributed by atoms with E-state index in [9.17, 15) is 45.6 Å². The van der Waals surface area contributed by atoms with Crippen molar-refractivity contribution in [1.82, 2.24) is 5.32 Å². The lowest BCUT2D eigenvalue weighted by molar-refractivity contribution is -0.359. The second-order valence-electron chi connectivity index (χ2n) is 23.9. The van der Waals surface area contributed by atoms with E-state index in [-0.39, 0.29) is 18.9 Å². The summed E-state index contributed by atoms with van der Waals surface area (Å²) in [6, 6.07) is -0.849. The van der Waals surface area contributed by atoms with Crippen molar-refractivity contribution in [2.24, 2.45) is 0 Å². The van der Waals surface area contributed by atoms with E-state index < -0.39 is 86.8 Å². The van der Waals surface area contributed by atoms with E-state index in [1.807, 2.05) is 0 Å². The summed E-state index contributed by atoms with van der Waals surface area (Å²) in [6.07, 6.45) is 63.7. The van der Waals surface area contributed by atoms with Crippen LogP contribution in [-0.4, -0.2) is 140 Å². The third-order valence-electron chi connectivity index (χ3n) is 16.3. The molecule has 2 aliphatic rings. The first-order chi connectivity index (χ1) is 42.6. The van der Waals surface area contributed by atoms with Crippen LogP contribution in [0.5, 0.6) is 0 Å². The van der Waals surface area contributed by atoms with Gasteiger partial charge in [0.15, 0.2) is 12.6 Å². The minimum atomic E-state index is -1.79. The van der Waals surface area contributed by atoms with Crippen molar-refractivity contribution in [3.8, 4) is 0 Å². The number of unbranched alkanes of at least 4 members (excludes halogenated alkanes) is 24. The molecule has 14 nitrogen and oxygen atoms in total. The molecule has 2 saturated heterocycles. The van der Waals surface area contributed by atoms with E-state index in [2.05, 4.69) is 129 Å². The Balaban J connectivity index is 1.69. The van der Waals surface area contributed by atoms with Crippen molar-refractivity contribution in [2.45, 2.75) is 325 Å². The van der Waals surface area contributed by atoms with Gasteiger partial charge in [-0.25, -0.2) is 0 Å². The summed E-state index contributed by atoms with van der Waals surface area (Å²) in [4.78, 5) is 13.3. The summed E-state index contributed by atoms with van der Waals surface area (Å²) in [7, 11) is 0. The first kappa shape index (κ1) is 79.7. The number of hydrogen-bond acceptors (Lipinski definition) is 13. The predicted molar refractivity (Wildman–Crippen MR) is 355 cm³/mol. The van der Waals surface area contributed by atoms with Crippen LogP contribution in [0.2, 0.25) is 0 Å². The molecule has 87 heavy (non-hydrogen) atoms. The summed E-state index contributed by atoms with van der Waals surface area (Å²) in [5.74, 6) is -0.228. The zero-order valence-corrected chi connectivity index (χ0v) is 54.2. The number of aliphatic hydroxyl groups excluding tert-OH is 8. The van der Waals surface area contributed by atoms with Crippen molar-refractivity contribution in [2.75, 3.05) is 19.8 Å². The Morgan fingerprint density at radius 2 is 0.793 bits per heavy atom. The van der Waals surface area contributed by atoms with Crippen molar-refractivity contribution in [3.05, 3.63) is 109 Å². The molecular formula is C73H125NO13. The lowest BCUT2D eigenvalue weighted by Crippen LogP contribution is -2.65. The molecule has 9 N–H and O–H groups in total. The highest BCUT2D eigenvalue weighted by atomic mass is 16.7. The molecule has 0 aliphatic carbocycles. The molecule has 0 aromatic rings. The highest BCUT2D eigenvalue weighted by Gasteiger charge is 2.51. The van der Waals surface area contributed by atoms with E-state index in [0.717, 1.165) is 116 Å². The predicted octanol–water partition coefficient (Wildman–Crippen LogP) is 14.0. The van der Waals surface area contributed by atoms with Crippen LogP contribution in [0, 0.1) is 0 Å². The number of amides is 1. The molecule has 1 amide bonds. The van der Waals surface area contributed by atoms with Crippen LogP contribution in [-0.2, 0) is 23.7 Å². The average molecular weight is 1220 g/mol. The van der Waals surface area contributed by atoms with Crippen LogP contribution in [0.4, 0.5) is 0 Å². The highest BCUT2D eigenvalue weighted by molar-refractivity contribution is 5.76. The molecule has 0 spiro atoms. The number of allylic oxidation sites excluding steroid dienone is 18. The molecule has 0 saturated carbocycles. The zero-order valence-electron chi connectivity index (χ0n) is 54.2. The van der Waals surface area contributed by atoms with Crippen LogP contribution in [0.1, 0.15) is 251 Å². The molecule has 12 atom stereocenters. The fourth-order valence-electron chi connectivity index (χ4n) is 10.8. The van der Waals surface area contributed by atoms with E-state index in [1.54, 1.807) is 0 Å². The fourth-order valence-corrected chi connectivity index (χ4v) is 10.8. The molecule has 0 bridgehead atoms. The van der Waals surface area contributed by atoms with Gasteiger partial charge in [-0.15, -0.1) is 0 Å². The van der Waals surface area contributed by atoms with Gasteiger partial charge >= 0.3 is 0 Å². The maximum atomic E-state index is 13.3. The zero-order chi connectivity index (χ0) is 63.1. The Hall–Kier alpha value is -3.35. The molecule has 0 radical (unpaired) electrons. The van der Waals surface area contributed by atoms with Crippen molar-refractivity contribution in [3.63, 3.8) is 0 Å². The SMILES string of the molecule is CC/C=C\C/C=C\C/C=C\C/C=C\C/C=C\C/C=C\C/C=C\C/C=C\C/C=C\CCCCCCCC(=O)NC(COC1OC(CO)C(OC2OC(CO)C(O)C(O)C2O)C(O)C1O)C(O)CCCCCCCCCCCCCCCCCCCCCC. The summed E-state index contributed by atoms with van der Waals surface area (Å²) in [6.45, 7) is 2.75. The molecule has 12 unspecified atom stereocenters. The smallest absolute Gasteiger partial charge is 0.220 e. The number of rotatable bonds is 55. The van der Waals surface area contributed by atoms with Crippen LogP contribution in [0.3, 0.4) is 0 Å². The second kappa shape index (κ2) is 56.6.